The third-order valence-electron chi connectivity index (χ3n) is 16.3. The van der Waals surface area contributed by atoms with Crippen molar-refractivity contribution in [3.05, 3.63) is 24.3 Å². The van der Waals surface area contributed by atoms with E-state index in [1.165, 1.54) is 148 Å². The summed E-state index contributed by atoms with van der Waals surface area (Å²) in [5.74, 6) is -1.42. The lowest BCUT2D eigenvalue weighted by Crippen LogP contribution is -2.30. The standard InChI is InChI=1S/C71H134O17P2/c1-6-10-13-16-19-22-25-27-29-31-34-37-40-47-52-57-71(76)87-66(60-81-68(73)54-49-44-38-35-33-30-28-26-23-20-17-14-11-7-2)62-85-89(77,78)83-58-65(72)59-84-90(79,80)86-63-67(61-82-69(74)55-50-45-42-41-43-48-53-64(5)9-4)88-70(75)56-51-46-39-36-32-24-21-18-15-12-8-3/h22,25,27,29,64-67,72H,6-21,23-24,26,28,30-63H2,1-5H3,(H,77,78)(H,79,80)/b25-22-,29-27-/t64?,65-,66-,67-/m1/s1. The summed E-state index contributed by atoms with van der Waals surface area (Å²) in [6.07, 6.45) is 53.4. The third kappa shape index (κ3) is 63.0. The van der Waals surface area contributed by atoms with Crippen molar-refractivity contribution in [2.45, 2.75) is 361 Å². The van der Waals surface area contributed by atoms with Crippen LogP contribution in [0.25, 0.3) is 0 Å². The van der Waals surface area contributed by atoms with E-state index in [0.29, 0.717) is 25.7 Å². The molecule has 0 aromatic heterocycles. The molecule has 90 heavy (non-hydrogen) atoms. The minimum atomic E-state index is -4.96. The van der Waals surface area contributed by atoms with Crippen molar-refractivity contribution < 1.29 is 80.2 Å². The molecule has 0 aliphatic rings. The maximum atomic E-state index is 13.0. The average molecular weight is 1320 g/mol. The van der Waals surface area contributed by atoms with Crippen LogP contribution in [0.2, 0.25) is 0 Å². The normalized spacial score (nSPS) is 14.5. The highest BCUT2D eigenvalue weighted by Gasteiger charge is 2.30. The van der Waals surface area contributed by atoms with Crippen LogP contribution < -0.4 is 0 Å². The molecule has 0 radical (unpaired) electrons. The van der Waals surface area contributed by atoms with Gasteiger partial charge < -0.3 is 33.8 Å². The first-order chi connectivity index (χ1) is 43.6. The van der Waals surface area contributed by atoms with E-state index in [9.17, 15) is 43.2 Å². The Hall–Kier alpha value is -2.46. The van der Waals surface area contributed by atoms with Gasteiger partial charge in [0.1, 0.15) is 19.3 Å². The van der Waals surface area contributed by atoms with Crippen molar-refractivity contribution in [3.8, 4) is 0 Å². The summed E-state index contributed by atoms with van der Waals surface area (Å²) in [6, 6.07) is 0. The number of unbranched alkanes of at least 4 members (excludes halogenated alkanes) is 37. The molecule has 0 aliphatic heterocycles. The maximum absolute atomic E-state index is 13.0. The summed E-state index contributed by atoms with van der Waals surface area (Å²) in [5.41, 5.74) is 0. The smallest absolute Gasteiger partial charge is 0.462 e. The van der Waals surface area contributed by atoms with Crippen molar-refractivity contribution >= 4 is 39.5 Å². The highest BCUT2D eigenvalue weighted by Crippen LogP contribution is 2.45. The molecule has 0 spiro atoms. The van der Waals surface area contributed by atoms with Gasteiger partial charge in [0.2, 0.25) is 0 Å². The van der Waals surface area contributed by atoms with E-state index >= 15 is 0 Å². The molecule has 6 atom stereocenters. The van der Waals surface area contributed by atoms with Gasteiger partial charge >= 0.3 is 39.5 Å². The van der Waals surface area contributed by atoms with Gasteiger partial charge in [0.05, 0.1) is 26.4 Å². The number of hydrogen-bond donors (Lipinski definition) is 3. The average Bonchev–Trinajstić information content (AvgIpc) is 3.66. The molecule has 0 amide bonds. The number of allylic oxidation sites excluding steroid dienone is 4. The second-order valence-corrected chi connectivity index (χ2v) is 28.1. The van der Waals surface area contributed by atoms with Crippen LogP contribution in [0.1, 0.15) is 343 Å². The molecule has 0 rings (SSSR count). The Bertz CT molecular complexity index is 1830. The lowest BCUT2D eigenvalue weighted by Gasteiger charge is -2.21. The van der Waals surface area contributed by atoms with Crippen LogP contribution in [0.15, 0.2) is 24.3 Å². The molecule has 0 aliphatic carbocycles. The first-order valence-corrected chi connectivity index (χ1v) is 39.5. The molecule has 0 bridgehead atoms. The van der Waals surface area contributed by atoms with Gasteiger partial charge in [-0.05, 0) is 57.3 Å². The van der Waals surface area contributed by atoms with Gasteiger partial charge in [-0.2, -0.15) is 0 Å². The van der Waals surface area contributed by atoms with E-state index in [1.807, 2.05) is 0 Å². The van der Waals surface area contributed by atoms with E-state index in [4.69, 9.17) is 37.0 Å². The van der Waals surface area contributed by atoms with Gasteiger partial charge in [-0.25, -0.2) is 9.13 Å². The van der Waals surface area contributed by atoms with Crippen LogP contribution in [0, 0.1) is 5.92 Å². The number of rotatable bonds is 69. The monoisotopic (exact) mass is 1320 g/mol. The molecule has 19 heteroatoms. The van der Waals surface area contributed by atoms with Gasteiger partial charge in [-0.1, -0.05) is 290 Å². The highest BCUT2D eigenvalue weighted by atomic mass is 31.2. The Kier molecular flexibility index (Phi) is 62.2. The third-order valence-corrected chi connectivity index (χ3v) is 18.2. The molecule has 0 heterocycles. The second-order valence-electron chi connectivity index (χ2n) is 25.2. The van der Waals surface area contributed by atoms with Crippen LogP contribution in [-0.4, -0.2) is 96.7 Å². The van der Waals surface area contributed by atoms with Gasteiger partial charge in [0.25, 0.3) is 0 Å². The summed E-state index contributed by atoms with van der Waals surface area (Å²) in [7, 11) is -9.91. The van der Waals surface area contributed by atoms with E-state index in [0.717, 1.165) is 115 Å². The molecule has 3 N–H and O–H groups in total. The van der Waals surface area contributed by atoms with Crippen LogP contribution in [0.3, 0.4) is 0 Å². The van der Waals surface area contributed by atoms with Crippen molar-refractivity contribution in [3.63, 3.8) is 0 Å². The predicted octanol–water partition coefficient (Wildman–Crippen LogP) is 20.1. The number of phosphoric ester groups is 2. The maximum Gasteiger partial charge on any atom is 0.472 e. The van der Waals surface area contributed by atoms with E-state index in [-0.39, 0.29) is 25.7 Å². The van der Waals surface area contributed by atoms with Gasteiger partial charge in [0.15, 0.2) is 12.2 Å². The molecule has 3 unspecified atom stereocenters. The zero-order valence-electron chi connectivity index (χ0n) is 57.8. The van der Waals surface area contributed by atoms with E-state index in [2.05, 4.69) is 58.9 Å². The fourth-order valence-corrected chi connectivity index (χ4v) is 11.8. The Morgan fingerprint density at radius 1 is 0.356 bits per heavy atom. The molecule has 0 aromatic carbocycles. The number of aliphatic hydroxyl groups excluding tert-OH is 1. The quantitative estimate of drug-likeness (QED) is 0.0169. The summed E-state index contributed by atoms with van der Waals surface area (Å²) in [6.45, 7) is 7.14. The van der Waals surface area contributed by atoms with Crippen LogP contribution >= 0.6 is 15.6 Å². The van der Waals surface area contributed by atoms with Crippen molar-refractivity contribution in [1.29, 1.82) is 0 Å². The molecule has 530 valence electrons. The minimum absolute atomic E-state index is 0.0855. The number of aliphatic hydroxyl groups is 1. The molecule has 17 nitrogen and oxygen atoms in total. The summed E-state index contributed by atoms with van der Waals surface area (Å²) in [5, 5.41) is 10.6. The molecular formula is C71H134O17P2. The van der Waals surface area contributed by atoms with Crippen molar-refractivity contribution in [2.75, 3.05) is 39.6 Å². The molecule has 0 fully saturated rings. The topological polar surface area (TPSA) is 237 Å². The van der Waals surface area contributed by atoms with Crippen LogP contribution in [0.5, 0.6) is 0 Å². The lowest BCUT2D eigenvalue weighted by atomic mass is 10.00. The van der Waals surface area contributed by atoms with Crippen molar-refractivity contribution in [1.82, 2.24) is 0 Å². The molecular weight excluding hydrogens is 1190 g/mol. The number of ether oxygens (including phenoxy) is 4. The lowest BCUT2D eigenvalue weighted by molar-refractivity contribution is -0.161. The Labute approximate surface area is 548 Å². The number of phosphoric acid groups is 2. The summed E-state index contributed by atoms with van der Waals surface area (Å²) in [4.78, 5) is 72.5. The summed E-state index contributed by atoms with van der Waals surface area (Å²) >= 11 is 0. The zero-order valence-corrected chi connectivity index (χ0v) is 59.5. The van der Waals surface area contributed by atoms with Gasteiger partial charge in [0, 0.05) is 25.7 Å². The Morgan fingerprint density at radius 3 is 0.944 bits per heavy atom. The SMILES string of the molecule is CCCCCC/C=C\C=C/CCCCCCCC(=O)O[C@H](COC(=O)CCCCCCCCCCCCCCCC)COP(=O)(O)OC[C@@H](O)COP(=O)(O)OC[C@@H](COC(=O)CCCCCCCCC(C)CC)OC(=O)CCCCCCCCCCCCC. The highest BCUT2D eigenvalue weighted by molar-refractivity contribution is 7.47. The fourth-order valence-electron chi connectivity index (χ4n) is 10.2. The number of hydrogen-bond acceptors (Lipinski definition) is 15. The largest absolute Gasteiger partial charge is 0.472 e. The zero-order chi connectivity index (χ0) is 66.3. The van der Waals surface area contributed by atoms with Gasteiger partial charge in [-0.3, -0.25) is 37.3 Å². The van der Waals surface area contributed by atoms with E-state index in [1.54, 1.807) is 0 Å². The van der Waals surface area contributed by atoms with Crippen molar-refractivity contribution in [2.24, 2.45) is 5.92 Å². The molecule has 0 aromatic rings. The minimum Gasteiger partial charge on any atom is -0.462 e. The predicted molar refractivity (Wildman–Crippen MR) is 363 cm³/mol. The van der Waals surface area contributed by atoms with Crippen LogP contribution in [0.4, 0.5) is 0 Å². The van der Waals surface area contributed by atoms with Crippen LogP contribution in [-0.2, 0) is 65.4 Å². The Balaban J connectivity index is 5.29. The Morgan fingerprint density at radius 2 is 0.622 bits per heavy atom. The number of carbonyl (C=O) groups excluding carboxylic acids is 4. The number of esters is 4. The second kappa shape index (κ2) is 63.9. The molecule has 0 saturated carbocycles. The summed E-state index contributed by atoms with van der Waals surface area (Å²) < 4.78 is 68.3. The first kappa shape index (κ1) is 87.5. The first-order valence-electron chi connectivity index (χ1n) is 36.5. The van der Waals surface area contributed by atoms with Gasteiger partial charge in [-0.15, -0.1) is 0 Å². The molecule has 0 saturated heterocycles. The van der Waals surface area contributed by atoms with E-state index < -0.39 is 97.5 Å². The number of carbonyl (C=O) groups is 4. The fraction of sp³-hybridized carbons (Fsp3) is 0.887.